The van der Waals surface area contributed by atoms with Crippen molar-refractivity contribution in [3.8, 4) is 0 Å². The predicted molar refractivity (Wildman–Crippen MR) is 119 cm³/mol. The van der Waals surface area contributed by atoms with Gasteiger partial charge in [0.15, 0.2) is 0 Å². The summed E-state index contributed by atoms with van der Waals surface area (Å²) in [6.45, 7) is 2.98. The molecule has 3 aliphatic rings. The largest absolute Gasteiger partial charge is 0.418 e. The Kier molecular flexibility index (Phi) is 6.62. The van der Waals surface area contributed by atoms with Crippen molar-refractivity contribution in [3.05, 3.63) is 23.8 Å². The molecule has 1 aliphatic carbocycles. The van der Waals surface area contributed by atoms with E-state index in [2.05, 4.69) is 5.32 Å². The third-order valence-corrected chi connectivity index (χ3v) is 7.48. The fourth-order valence-electron chi connectivity index (χ4n) is 5.65. The second kappa shape index (κ2) is 9.16. The topological polar surface area (TPSA) is 72.9 Å². The first-order valence-electron chi connectivity index (χ1n) is 11.9. The Hall–Kier alpha value is -2.29. The number of carbonyl (C=O) groups is 2. The number of carbonyl (C=O) groups excluding carboxylic acids is 2. The third kappa shape index (κ3) is 4.83. The summed E-state index contributed by atoms with van der Waals surface area (Å²) in [5, 5.41) is 12.3. The van der Waals surface area contributed by atoms with E-state index in [1.807, 2.05) is 4.90 Å². The summed E-state index contributed by atoms with van der Waals surface area (Å²) in [5.74, 6) is -0.298. The fourth-order valence-corrected chi connectivity index (χ4v) is 5.65. The molecule has 182 valence electrons. The summed E-state index contributed by atoms with van der Waals surface area (Å²) < 4.78 is 41.8. The number of rotatable bonds is 4. The second-order valence-electron chi connectivity index (χ2n) is 9.65. The monoisotopic (exact) mass is 467 g/mol. The molecule has 0 radical (unpaired) electrons. The molecule has 1 unspecified atom stereocenters. The fraction of sp³-hybridized carbons (Fsp3) is 0.667. The standard InChI is InChI=1S/C24H32F3N3O3/c1-2-21(32)28-16-4-9-20(19(14-16)24(25,26)27)29-12-3-10-23(15-29)11-13-30(22(23)33)17-5-7-18(31)8-6-17/h4,9,14,17-18,31H,2-3,5-8,10-13,15H2,1H3,(H,28,32). The Morgan fingerprint density at radius 2 is 1.91 bits per heavy atom. The number of nitrogens with one attached hydrogen (secondary N) is 1. The van der Waals surface area contributed by atoms with Crippen molar-refractivity contribution in [3.63, 3.8) is 0 Å². The second-order valence-corrected chi connectivity index (χ2v) is 9.65. The molecular formula is C24H32F3N3O3. The molecule has 1 spiro atoms. The lowest BCUT2D eigenvalue weighted by Crippen LogP contribution is -2.50. The van der Waals surface area contributed by atoms with Crippen molar-refractivity contribution in [2.75, 3.05) is 29.9 Å². The van der Waals surface area contributed by atoms with Crippen LogP contribution >= 0.6 is 0 Å². The van der Waals surface area contributed by atoms with E-state index in [4.69, 9.17) is 0 Å². The molecule has 0 bridgehead atoms. The molecule has 2 amide bonds. The zero-order valence-corrected chi connectivity index (χ0v) is 19.0. The first kappa shape index (κ1) is 23.9. The van der Waals surface area contributed by atoms with Crippen LogP contribution in [0.5, 0.6) is 0 Å². The van der Waals surface area contributed by atoms with Gasteiger partial charge < -0.3 is 20.2 Å². The van der Waals surface area contributed by atoms with Crippen LogP contribution in [0.1, 0.15) is 63.9 Å². The van der Waals surface area contributed by atoms with Crippen LogP contribution in [0, 0.1) is 5.41 Å². The molecule has 1 aromatic carbocycles. The molecule has 1 saturated carbocycles. The van der Waals surface area contributed by atoms with E-state index < -0.39 is 17.2 Å². The highest BCUT2D eigenvalue weighted by Crippen LogP contribution is 2.46. The van der Waals surface area contributed by atoms with Crippen molar-refractivity contribution in [2.45, 2.75) is 76.6 Å². The number of hydrogen-bond donors (Lipinski definition) is 2. The number of anilines is 2. The Morgan fingerprint density at radius 3 is 2.58 bits per heavy atom. The van der Waals surface area contributed by atoms with Gasteiger partial charge >= 0.3 is 6.18 Å². The van der Waals surface area contributed by atoms with Gasteiger partial charge in [0.2, 0.25) is 11.8 Å². The lowest BCUT2D eigenvalue weighted by Gasteiger charge is -2.42. The Labute approximate surface area is 192 Å². The zero-order chi connectivity index (χ0) is 23.8. The van der Waals surface area contributed by atoms with Gasteiger partial charge in [-0.15, -0.1) is 0 Å². The van der Waals surface area contributed by atoms with Gasteiger partial charge in [0.1, 0.15) is 0 Å². The van der Waals surface area contributed by atoms with Gasteiger partial charge in [-0.3, -0.25) is 9.59 Å². The van der Waals surface area contributed by atoms with Crippen LogP contribution in [-0.4, -0.2) is 53.6 Å². The van der Waals surface area contributed by atoms with E-state index in [0.29, 0.717) is 45.2 Å². The molecule has 1 atom stereocenters. The number of aliphatic hydroxyl groups excluding tert-OH is 1. The van der Waals surface area contributed by atoms with Gasteiger partial charge in [-0.25, -0.2) is 0 Å². The van der Waals surface area contributed by atoms with E-state index in [-0.39, 0.29) is 48.3 Å². The van der Waals surface area contributed by atoms with Crippen LogP contribution in [0.3, 0.4) is 0 Å². The molecule has 2 aliphatic heterocycles. The van der Waals surface area contributed by atoms with Crippen molar-refractivity contribution >= 4 is 23.2 Å². The molecule has 6 nitrogen and oxygen atoms in total. The number of amides is 2. The first-order valence-corrected chi connectivity index (χ1v) is 11.9. The maximum Gasteiger partial charge on any atom is 0.418 e. The predicted octanol–water partition coefficient (Wildman–Crippen LogP) is 4.18. The maximum absolute atomic E-state index is 13.9. The smallest absolute Gasteiger partial charge is 0.393 e. The Bertz CT molecular complexity index is 899. The van der Waals surface area contributed by atoms with Crippen molar-refractivity contribution in [1.82, 2.24) is 4.90 Å². The minimum Gasteiger partial charge on any atom is -0.393 e. The van der Waals surface area contributed by atoms with Gasteiger partial charge in [-0.1, -0.05) is 6.92 Å². The van der Waals surface area contributed by atoms with E-state index in [9.17, 15) is 27.9 Å². The van der Waals surface area contributed by atoms with E-state index >= 15 is 0 Å². The zero-order valence-electron chi connectivity index (χ0n) is 19.0. The lowest BCUT2D eigenvalue weighted by atomic mass is 9.78. The maximum atomic E-state index is 13.9. The molecule has 2 heterocycles. The minimum absolute atomic E-state index is 0.0500. The van der Waals surface area contributed by atoms with Crippen molar-refractivity contribution < 1.29 is 27.9 Å². The molecule has 0 aromatic heterocycles. The number of benzene rings is 1. The Balaban J connectivity index is 1.56. The van der Waals surface area contributed by atoms with E-state index in [1.165, 1.54) is 12.1 Å². The summed E-state index contributed by atoms with van der Waals surface area (Å²) in [6, 6.07) is 4.01. The normalized spacial score (nSPS) is 28.5. The number of nitrogens with zero attached hydrogens (tertiary/aromatic N) is 2. The molecule has 9 heteroatoms. The van der Waals surface area contributed by atoms with Crippen LogP contribution in [0.4, 0.5) is 24.5 Å². The number of halogens is 3. The first-order chi connectivity index (χ1) is 15.6. The summed E-state index contributed by atoms with van der Waals surface area (Å²) in [4.78, 5) is 28.8. The van der Waals surface area contributed by atoms with E-state index in [1.54, 1.807) is 11.8 Å². The van der Waals surface area contributed by atoms with Crippen LogP contribution in [0.25, 0.3) is 0 Å². The number of aliphatic hydroxyl groups is 1. The highest BCUT2D eigenvalue weighted by molar-refractivity contribution is 5.91. The molecule has 2 N–H and O–H groups in total. The van der Waals surface area contributed by atoms with Crippen LogP contribution in [0.2, 0.25) is 0 Å². The van der Waals surface area contributed by atoms with Gasteiger partial charge in [0, 0.05) is 43.5 Å². The molecular weight excluding hydrogens is 435 g/mol. The summed E-state index contributed by atoms with van der Waals surface area (Å²) in [5.41, 5.74) is -1.28. The van der Waals surface area contributed by atoms with Gasteiger partial charge in [0.25, 0.3) is 0 Å². The number of likely N-dealkylation sites (tertiary alicyclic amines) is 1. The molecule has 3 fully saturated rings. The molecule has 33 heavy (non-hydrogen) atoms. The number of hydrogen-bond acceptors (Lipinski definition) is 4. The average Bonchev–Trinajstić information content (AvgIpc) is 3.09. The molecule has 2 saturated heterocycles. The lowest BCUT2D eigenvalue weighted by molar-refractivity contribution is -0.139. The highest BCUT2D eigenvalue weighted by Gasteiger charge is 2.51. The SMILES string of the molecule is CCC(=O)Nc1ccc(N2CCCC3(CCN(C4CCC(O)CC4)C3=O)C2)c(C(F)(F)F)c1. The summed E-state index contributed by atoms with van der Waals surface area (Å²) in [6.07, 6.45) is 0.183. The number of alkyl halides is 3. The minimum atomic E-state index is -4.58. The molecule has 4 rings (SSSR count). The third-order valence-electron chi connectivity index (χ3n) is 7.48. The van der Waals surface area contributed by atoms with Gasteiger partial charge in [-0.2, -0.15) is 13.2 Å². The van der Waals surface area contributed by atoms with Gasteiger partial charge in [0.05, 0.1) is 17.1 Å². The van der Waals surface area contributed by atoms with Crippen LogP contribution in [0.15, 0.2) is 18.2 Å². The van der Waals surface area contributed by atoms with Crippen LogP contribution < -0.4 is 10.2 Å². The molecule has 1 aromatic rings. The quantitative estimate of drug-likeness (QED) is 0.697. The Morgan fingerprint density at radius 1 is 1.18 bits per heavy atom. The number of piperidine rings is 1. The van der Waals surface area contributed by atoms with Crippen LogP contribution in [-0.2, 0) is 15.8 Å². The van der Waals surface area contributed by atoms with Gasteiger partial charge in [-0.05, 0) is 63.1 Å². The highest BCUT2D eigenvalue weighted by atomic mass is 19.4. The van der Waals surface area contributed by atoms with Crippen molar-refractivity contribution in [1.29, 1.82) is 0 Å². The van der Waals surface area contributed by atoms with E-state index in [0.717, 1.165) is 18.9 Å². The van der Waals surface area contributed by atoms with Crippen molar-refractivity contribution in [2.24, 2.45) is 5.41 Å². The summed E-state index contributed by atoms with van der Waals surface area (Å²) >= 11 is 0. The summed E-state index contributed by atoms with van der Waals surface area (Å²) in [7, 11) is 0. The average molecular weight is 468 g/mol.